The monoisotopic (exact) mass is 370 g/mol. The number of ether oxygens (including phenoxy) is 1. The summed E-state index contributed by atoms with van der Waals surface area (Å²) in [6.07, 6.45) is 2.40. The van der Waals surface area contributed by atoms with Gasteiger partial charge in [-0.3, -0.25) is 19.7 Å². The van der Waals surface area contributed by atoms with Gasteiger partial charge in [0.2, 0.25) is 5.91 Å². The van der Waals surface area contributed by atoms with Gasteiger partial charge in [-0.15, -0.1) is 0 Å². The maximum atomic E-state index is 12.7. The molecular weight excluding hydrogens is 348 g/mol. The van der Waals surface area contributed by atoms with Crippen LogP contribution in [0, 0.1) is 5.92 Å². The average Bonchev–Trinajstić information content (AvgIpc) is 3.42. The lowest BCUT2D eigenvalue weighted by molar-refractivity contribution is -0.133. The van der Waals surface area contributed by atoms with Crippen LogP contribution in [0.4, 0.5) is 5.69 Å². The summed E-state index contributed by atoms with van der Waals surface area (Å²) in [5.74, 6) is -0.965. The molecule has 1 fully saturated rings. The van der Waals surface area contributed by atoms with Gasteiger partial charge in [0, 0.05) is 17.9 Å². The van der Waals surface area contributed by atoms with Crippen LogP contribution in [0.1, 0.15) is 19.3 Å². The lowest BCUT2D eigenvalue weighted by Crippen LogP contribution is -2.50. The minimum atomic E-state index is -3.34. The van der Waals surface area contributed by atoms with Gasteiger partial charge >= 0.3 is 0 Å². The molecule has 0 saturated heterocycles. The molecule has 8 nitrogen and oxygen atoms in total. The minimum Gasteiger partial charge on any atom is -0.497 e. The fraction of sp³-hybridized carbons (Fsp3) is 0.500. The first kappa shape index (κ1) is 19.2. The fourth-order valence-electron chi connectivity index (χ4n) is 2.51. The highest BCUT2D eigenvalue weighted by atomic mass is 32.2. The molecule has 1 aromatic carbocycles. The summed E-state index contributed by atoms with van der Waals surface area (Å²) < 4.78 is 28.1. The molecule has 25 heavy (non-hydrogen) atoms. The van der Waals surface area contributed by atoms with Crippen LogP contribution >= 0.6 is 0 Å². The molecule has 0 radical (unpaired) electrons. The third kappa shape index (κ3) is 5.17. The molecule has 0 aromatic heterocycles. The van der Waals surface area contributed by atoms with E-state index in [1.807, 2.05) is 0 Å². The van der Waals surface area contributed by atoms with E-state index in [9.17, 15) is 18.0 Å². The van der Waals surface area contributed by atoms with E-state index in [1.165, 1.54) is 17.5 Å². The Labute approximate surface area is 146 Å². The molecule has 0 unspecified atom stereocenters. The van der Waals surface area contributed by atoms with Crippen molar-refractivity contribution in [2.24, 2.45) is 5.92 Å². The second-order valence-corrected chi connectivity index (χ2v) is 8.35. The number of hydrogen-bond acceptors (Lipinski definition) is 6. The average molecular weight is 370 g/mol. The highest BCUT2D eigenvalue weighted by Gasteiger charge is 2.39. The SMILES string of the molecule is COc1ccc(N(C(=O)C2CC2)[C@H](CCS(C)(=O)=O)C(=O)NO)cc1. The molecule has 2 N–H and O–H groups in total. The molecule has 0 bridgehead atoms. The van der Waals surface area contributed by atoms with E-state index in [1.54, 1.807) is 24.3 Å². The molecule has 0 aliphatic heterocycles. The number of carbonyl (C=O) groups is 2. The zero-order chi connectivity index (χ0) is 18.6. The molecule has 1 aliphatic carbocycles. The van der Waals surface area contributed by atoms with Crippen molar-refractivity contribution in [3.63, 3.8) is 0 Å². The van der Waals surface area contributed by atoms with Crippen LogP contribution in [0.25, 0.3) is 0 Å². The van der Waals surface area contributed by atoms with Crippen LogP contribution in [-0.2, 0) is 19.4 Å². The van der Waals surface area contributed by atoms with E-state index in [4.69, 9.17) is 9.94 Å². The third-order valence-corrected chi connectivity index (χ3v) is 4.98. The Balaban J connectivity index is 2.37. The standard InChI is InChI=1S/C16H22N2O6S/c1-24-13-7-5-12(6-8-13)18(16(20)11-3-4-11)14(15(19)17-21)9-10-25(2,22)23/h5-8,11,14,21H,3-4,9-10H2,1-2H3,(H,17,19)/t14-/m1/s1. The molecule has 0 spiro atoms. The van der Waals surface area contributed by atoms with E-state index >= 15 is 0 Å². The molecular formula is C16H22N2O6S. The van der Waals surface area contributed by atoms with Crippen LogP contribution in [0.3, 0.4) is 0 Å². The Morgan fingerprint density at radius 1 is 1.32 bits per heavy atom. The van der Waals surface area contributed by atoms with Gasteiger partial charge < -0.3 is 4.74 Å². The van der Waals surface area contributed by atoms with Crippen molar-refractivity contribution in [3.8, 4) is 5.75 Å². The van der Waals surface area contributed by atoms with E-state index in [0.29, 0.717) is 11.4 Å². The predicted octanol–water partition coefficient (Wildman–Crippen LogP) is 0.747. The number of hydrogen-bond donors (Lipinski definition) is 2. The van der Waals surface area contributed by atoms with E-state index < -0.39 is 21.8 Å². The van der Waals surface area contributed by atoms with Crippen molar-refractivity contribution in [2.75, 3.05) is 24.0 Å². The molecule has 9 heteroatoms. The Bertz CT molecular complexity index is 727. The summed E-state index contributed by atoms with van der Waals surface area (Å²) in [5, 5.41) is 9.04. The van der Waals surface area contributed by atoms with Crippen LogP contribution in [0.2, 0.25) is 0 Å². The number of nitrogens with one attached hydrogen (secondary N) is 1. The quantitative estimate of drug-likeness (QED) is 0.516. The Kier molecular flexibility index (Phi) is 6.02. The molecule has 1 aliphatic rings. The highest BCUT2D eigenvalue weighted by Crippen LogP contribution is 2.34. The maximum Gasteiger partial charge on any atom is 0.266 e. The largest absolute Gasteiger partial charge is 0.497 e. The molecule has 2 amide bonds. The van der Waals surface area contributed by atoms with Crippen LogP contribution in [-0.4, -0.2) is 50.6 Å². The van der Waals surface area contributed by atoms with Crippen molar-refractivity contribution < 1.29 is 28.0 Å². The van der Waals surface area contributed by atoms with Crippen molar-refractivity contribution in [1.29, 1.82) is 0 Å². The first-order chi connectivity index (χ1) is 11.8. The lowest BCUT2D eigenvalue weighted by atomic mass is 10.1. The number of hydroxylamine groups is 1. The molecule has 1 atom stereocenters. The van der Waals surface area contributed by atoms with Crippen LogP contribution < -0.4 is 15.1 Å². The predicted molar refractivity (Wildman–Crippen MR) is 91.2 cm³/mol. The maximum absolute atomic E-state index is 12.7. The molecule has 138 valence electrons. The summed E-state index contributed by atoms with van der Waals surface area (Å²) in [6, 6.07) is 5.41. The summed E-state index contributed by atoms with van der Waals surface area (Å²) in [4.78, 5) is 26.1. The number of carbonyl (C=O) groups excluding carboxylic acids is 2. The number of anilines is 1. The van der Waals surface area contributed by atoms with E-state index in [-0.39, 0.29) is 24.0 Å². The van der Waals surface area contributed by atoms with Gasteiger partial charge in [-0.2, -0.15) is 0 Å². The zero-order valence-corrected chi connectivity index (χ0v) is 15.0. The smallest absolute Gasteiger partial charge is 0.266 e. The number of benzene rings is 1. The molecule has 1 saturated carbocycles. The van der Waals surface area contributed by atoms with Gasteiger partial charge in [0.25, 0.3) is 5.91 Å². The second kappa shape index (κ2) is 7.83. The Hall–Kier alpha value is -2.13. The van der Waals surface area contributed by atoms with Gasteiger partial charge in [-0.1, -0.05) is 0 Å². The van der Waals surface area contributed by atoms with Crippen molar-refractivity contribution in [1.82, 2.24) is 5.48 Å². The van der Waals surface area contributed by atoms with E-state index in [0.717, 1.165) is 19.1 Å². The van der Waals surface area contributed by atoms with Gasteiger partial charge in [-0.05, 0) is 43.5 Å². The van der Waals surface area contributed by atoms with Crippen LogP contribution in [0.15, 0.2) is 24.3 Å². The molecule has 0 heterocycles. The first-order valence-corrected chi connectivity index (χ1v) is 9.91. The molecule has 2 rings (SSSR count). The number of sulfone groups is 1. The van der Waals surface area contributed by atoms with Crippen molar-refractivity contribution in [3.05, 3.63) is 24.3 Å². The summed E-state index contributed by atoms with van der Waals surface area (Å²) in [6.45, 7) is 0. The summed E-state index contributed by atoms with van der Waals surface area (Å²) in [7, 11) is -1.83. The van der Waals surface area contributed by atoms with Gasteiger partial charge in [0.15, 0.2) is 0 Å². The van der Waals surface area contributed by atoms with Crippen LogP contribution in [0.5, 0.6) is 5.75 Å². The first-order valence-electron chi connectivity index (χ1n) is 7.85. The number of methoxy groups -OCH3 is 1. The van der Waals surface area contributed by atoms with Gasteiger partial charge in [-0.25, -0.2) is 13.9 Å². The third-order valence-electron chi connectivity index (χ3n) is 4.00. The lowest BCUT2D eigenvalue weighted by Gasteiger charge is -2.30. The Morgan fingerprint density at radius 2 is 1.92 bits per heavy atom. The second-order valence-electron chi connectivity index (χ2n) is 6.09. The highest BCUT2D eigenvalue weighted by molar-refractivity contribution is 7.90. The summed E-state index contributed by atoms with van der Waals surface area (Å²) in [5.41, 5.74) is 1.98. The fourth-order valence-corrected chi connectivity index (χ4v) is 3.16. The zero-order valence-electron chi connectivity index (χ0n) is 14.1. The van der Waals surface area contributed by atoms with E-state index in [2.05, 4.69) is 0 Å². The summed E-state index contributed by atoms with van der Waals surface area (Å²) >= 11 is 0. The minimum absolute atomic E-state index is 0.115. The Morgan fingerprint density at radius 3 is 2.36 bits per heavy atom. The number of nitrogens with zero attached hydrogens (tertiary/aromatic N) is 1. The van der Waals surface area contributed by atoms with Gasteiger partial charge in [0.05, 0.1) is 12.9 Å². The van der Waals surface area contributed by atoms with Gasteiger partial charge in [0.1, 0.15) is 21.6 Å². The normalized spacial score (nSPS) is 15.3. The number of rotatable bonds is 8. The van der Waals surface area contributed by atoms with Crippen molar-refractivity contribution in [2.45, 2.75) is 25.3 Å². The molecule has 1 aromatic rings. The number of amides is 2. The van der Waals surface area contributed by atoms with Crippen molar-refractivity contribution >= 4 is 27.3 Å². The topological polar surface area (TPSA) is 113 Å².